The van der Waals surface area contributed by atoms with Crippen molar-refractivity contribution >= 4 is 0 Å². The summed E-state index contributed by atoms with van der Waals surface area (Å²) in [7, 11) is 0. The fraction of sp³-hybridized carbons (Fsp3) is 1.00. The highest BCUT2D eigenvalue weighted by Crippen LogP contribution is 2.24. The highest BCUT2D eigenvalue weighted by molar-refractivity contribution is 4.90. The van der Waals surface area contributed by atoms with Crippen molar-refractivity contribution < 1.29 is 4.74 Å². The van der Waals surface area contributed by atoms with Gasteiger partial charge in [-0.15, -0.1) is 0 Å². The maximum absolute atomic E-state index is 5.41. The van der Waals surface area contributed by atoms with Crippen LogP contribution < -0.4 is 5.32 Å². The lowest BCUT2D eigenvalue weighted by Gasteiger charge is -2.35. The van der Waals surface area contributed by atoms with E-state index in [-0.39, 0.29) is 0 Å². The summed E-state index contributed by atoms with van der Waals surface area (Å²) in [6.45, 7) is 7.54. The number of ether oxygens (including phenoxy) is 1. The molecule has 0 radical (unpaired) electrons. The normalized spacial score (nSPS) is 33.4. The molecule has 0 bridgehead atoms. The summed E-state index contributed by atoms with van der Waals surface area (Å²) in [5.74, 6) is 0. The van der Waals surface area contributed by atoms with E-state index in [9.17, 15) is 0 Å². The van der Waals surface area contributed by atoms with E-state index in [2.05, 4.69) is 17.1 Å². The average Bonchev–Trinajstić information content (AvgIpc) is 2.75. The quantitative estimate of drug-likeness (QED) is 0.759. The minimum atomic E-state index is 0.739. The number of nitrogens with one attached hydrogen (secondary N) is 1. The van der Waals surface area contributed by atoms with Crippen molar-refractivity contribution in [3.8, 4) is 0 Å². The molecule has 1 aliphatic heterocycles. The zero-order chi connectivity index (χ0) is 10.5. The van der Waals surface area contributed by atoms with Crippen LogP contribution >= 0.6 is 0 Å². The van der Waals surface area contributed by atoms with E-state index in [4.69, 9.17) is 4.74 Å². The van der Waals surface area contributed by atoms with Crippen LogP contribution in [0, 0.1) is 0 Å². The van der Waals surface area contributed by atoms with E-state index in [1.54, 1.807) is 0 Å². The van der Waals surface area contributed by atoms with E-state index in [0.717, 1.165) is 38.4 Å². The number of morpholine rings is 1. The van der Waals surface area contributed by atoms with Gasteiger partial charge in [-0.1, -0.05) is 13.3 Å². The molecule has 3 heteroatoms. The Labute approximate surface area is 93.2 Å². The van der Waals surface area contributed by atoms with Gasteiger partial charge in [0.25, 0.3) is 0 Å². The summed E-state index contributed by atoms with van der Waals surface area (Å²) in [5, 5.41) is 3.70. The molecule has 2 unspecified atom stereocenters. The van der Waals surface area contributed by atoms with E-state index < -0.39 is 0 Å². The Morgan fingerprint density at radius 2 is 2.07 bits per heavy atom. The molecule has 2 atom stereocenters. The smallest absolute Gasteiger partial charge is 0.0594 e. The number of rotatable bonds is 4. The Bertz CT molecular complexity index is 180. The first kappa shape index (κ1) is 11.4. The van der Waals surface area contributed by atoms with Gasteiger partial charge in [-0.2, -0.15) is 0 Å². The zero-order valence-electron chi connectivity index (χ0n) is 9.87. The SMILES string of the molecule is CCCNC1CCCC1N1CCOCC1. The summed E-state index contributed by atoms with van der Waals surface area (Å²) in [4.78, 5) is 2.63. The van der Waals surface area contributed by atoms with Gasteiger partial charge in [0, 0.05) is 25.2 Å². The monoisotopic (exact) mass is 212 g/mol. The van der Waals surface area contributed by atoms with Crippen LogP contribution in [0.4, 0.5) is 0 Å². The van der Waals surface area contributed by atoms with Crippen LogP contribution in [0.15, 0.2) is 0 Å². The van der Waals surface area contributed by atoms with Gasteiger partial charge in [0.15, 0.2) is 0 Å². The van der Waals surface area contributed by atoms with Gasteiger partial charge >= 0.3 is 0 Å². The number of hydrogen-bond acceptors (Lipinski definition) is 3. The van der Waals surface area contributed by atoms with Gasteiger partial charge in [-0.3, -0.25) is 4.90 Å². The third kappa shape index (κ3) is 2.92. The van der Waals surface area contributed by atoms with Gasteiger partial charge < -0.3 is 10.1 Å². The third-order valence-corrected chi connectivity index (χ3v) is 3.65. The predicted molar refractivity (Wildman–Crippen MR) is 62.1 cm³/mol. The Balaban J connectivity index is 1.82. The summed E-state index contributed by atoms with van der Waals surface area (Å²) in [6, 6.07) is 1.52. The summed E-state index contributed by atoms with van der Waals surface area (Å²) < 4.78 is 5.41. The average molecular weight is 212 g/mol. The zero-order valence-corrected chi connectivity index (χ0v) is 9.87. The largest absolute Gasteiger partial charge is 0.379 e. The molecule has 0 aromatic rings. The third-order valence-electron chi connectivity index (χ3n) is 3.65. The van der Waals surface area contributed by atoms with Crippen LogP contribution in [-0.2, 0) is 4.74 Å². The second kappa shape index (κ2) is 5.83. The molecule has 0 aromatic heterocycles. The highest BCUT2D eigenvalue weighted by Gasteiger charge is 2.32. The van der Waals surface area contributed by atoms with Crippen LogP contribution in [0.25, 0.3) is 0 Å². The molecular formula is C12H24N2O. The van der Waals surface area contributed by atoms with Crippen LogP contribution in [0.5, 0.6) is 0 Å². The number of hydrogen-bond donors (Lipinski definition) is 1. The summed E-state index contributed by atoms with van der Waals surface area (Å²) in [5.41, 5.74) is 0. The first-order valence-electron chi connectivity index (χ1n) is 6.47. The van der Waals surface area contributed by atoms with Crippen molar-refractivity contribution in [3.05, 3.63) is 0 Å². The fourth-order valence-corrected chi connectivity index (χ4v) is 2.85. The van der Waals surface area contributed by atoms with Gasteiger partial charge in [0.2, 0.25) is 0 Å². The summed E-state index contributed by atoms with van der Waals surface area (Å²) >= 11 is 0. The van der Waals surface area contributed by atoms with Gasteiger partial charge in [0.1, 0.15) is 0 Å². The lowest BCUT2D eigenvalue weighted by Crippen LogP contribution is -2.51. The van der Waals surface area contributed by atoms with Crippen LogP contribution in [0.1, 0.15) is 32.6 Å². The topological polar surface area (TPSA) is 24.5 Å². The lowest BCUT2D eigenvalue weighted by atomic mass is 10.1. The Morgan fingerprint density at radius 3 is 2.80 bits per heavy atom. The van der Waals surface area contributed by atoms with E-state index in [1.165, 1.54) is 32.2 Å². The molecule has 3 nitrogen and oxygen atoms in total. The molecule has 2 fully saturated rings. The van der Waals surface area contributed by atoms with Crippen LogP contribution in [-0.4, -0.2) is 49.8 Å². The standard InChI is InChI=1S/C12H24N2O/c1-2-6-13-11-4-3-5-12(11)14-7-9-15-10-8-14/h11-13H,2-10H2,1H3. The second-order valence-electron chi connectivity index (χ2n) is 4.71. The molecule has 88 valence electrons. The van der Waals surface area contributed by atoms with Crippen molar-refractivity contribution in [2.24, 2.45) is 0 Å². The molecule has 1 aliphatic carbocycles. The van der Waals surface area contributed by atoms with Gasteiger partial charge in [-0.05, 0) is 25.8 Å². The molecule has 1 saturated carbocycles. The maximum atomic E-state index is 5.41. The minimum Gasteiger partial charge on any atom is -0.379 e. The van der Waals surface area contributed by atoms with Gasteiger partial charge in [-0.25, -0.2) is 0 Å². The van der Waals surface area contributed by atoms with Crippen molar-refractivity contribution in [3.63, 3.8) is 0 Å². The molecule has 1 heterocycles. The van der Waals surface area contributed by atoms with Crippen LogP contribution in [0.3, 0.4) is 0 Å². The van der Waals surface area contributed by atoms with Crippen LogP contribution in [0.2, 0.25) is 0 Å². The van der Waals surface area contributed by atoms with Crippen molar-refractivity contribution in [2.75, 3.05) is 32.8 Å². The van der Waals surface area contributed by atoms with Crippen molar-refractivity contribution in [1.82, 2.24) is 10.2 Å². The minimum absolute atomic E-state index is 0.739. The molecule has 2 rings (SSSR count). The second-order valence-corrected chi connectivity index (χ2v) is 4.71. The molecule has 1 saturated heterocycles. The first-order chi connectivity index (χ1) is 7.42. The number of nitrogens with zero attached hydrogens (tertiary/aromatic N) is 1. The fourth-order valence-electron chi connectivity index (χ4n) is 2.85. The molecule has 0 amide bonds. The lowest BCUT2D eigenvalue weighted by molar-refractivity contribution is 0.0125. The highest BCUT2D eigenvalue weighted by atomic mass is 16.5. The van der Waals surface area contributed by atoms with Crippen molar-refractivity contribution in [2.45, 2.75) is 44.7 Å². The van der Waals surface area contributed by atoms with Gasteiger partial charge in [0.05, 0.1) is 13.2 Å². The molecule has 15 heavy (non-hydrogen) atoms. The molecular weight excluding hydrogens is 188 g/mol. The molecule has 0 aromatic carbocycles. The predicted octanol–water partition coefficient (Wildman–Crippen LogP) is 1.24. The molecule has 2 aliphatic rings. The Morgan fingerprint density at radius 1 is 1.27 bits per heavy atom. The van der Waals surface area contributed by atoms with Crippen molar-refractivity contribution in [1.29, 1.82) is 0 Å². The van der Waals surface area contributed by atoms with E-state index in [1.807, 2.05) is 0 Å². The van der Waals surface area contributed by atoms with E-state index >= 15 is 0 Å². The maximum Gasteiger partial charge on any atom is 0.0594 e. The van der Waals surface area contributed by atoms with E-state index in [0.29, 0.717) is 0 Å². The molecule has 1 N–H and O–H groups in total. The first-order valence-corrected chi connectivity index (χ1v) is 6.47. The Kier molecular flexibility index (Phi) is 4.42. The summed E-state index contributed by atoms with van der Waals surface area (Å²) in [6.07, 6.45) is 5.37. The Hall–Kier alpha value is -0.120. The molecule has 0 spiro atoms.